The highest BCUT2D eigenvalue weighted by Gasteiger charge is 2.11. The molecule has 5 aromatic rings. The van der Waals surface area contributed by atoms with Gasteiger partial charge in [0.25, 0.3) is 0 Å². The zero-order chi connectivity index (χ0) is 25.5. The molecule has 7 nitrogen and oxygen atoms in total. The van der Waals surface area contributed by atoms with Crippen molar-refractivity contribution in [3.05, 3.63) is 113 Å². The Bertz CT molecular complexity index is 1580. The zero-order valence-corrected chi connectivity index (χ0v) is 20.6. The van der Waals surface area contributed by atoms with E-state index in [1.54, 1.807) is 18.6 Å². The van der Waals surface area contributed by atoms with Crippen molar-refractivity contribution in [2.24, 2.45) is 0 Å². The third kappa shape index (κ3) is 5.72. The molecule has 0 saturated carbocycles. The summed E-state index contributed by atoms with van der Waals surface area (Å²) in [5.74, 6) is 0. The quantitative estimate of drug-likeness (QED) is 0.229. The fraction of sp³-hybridized carbons (Fsp3) is 0.133. The largest absolute Gasteiger partial charge is 0.361 e. The lowest BCUT2D eigenvalue weighted by molar-refractivity contribution is 0.673. The third-order valence-electron chi connectivity index (χ3n) is 6.24. The first kappa shape index (κ1) is 23.9. The van der Waals surface area contributed by atoms with Gasteiger partial charge in [-0.05, 0) is 79.6 Å². The molecule has 5 rings (SSSR count). The molecule has 0 radical (unpaired) electrons. The molecule has 0 spiro atoms. The summed E-state index contributed by atoms with van der Waals surface area (Å²) in [6.07, 6.45) is 13.8. The SMILES string of the molecule is Cc1c(Nc2c(C#N)cncc2C=Cc2cccc(CNCCc3cccnc3)n2)ccc2[nH]ccc12. The predicted octanol–water partition coefficient (Wildman–Crippen LogP) is 5.78. The number of hydrogen-bond acceptors (Lipinski definition) is 6. The van der Waals surface area contributed by atoms with Gasteiger partial charge in [0, 0.05) is 59.7 Å². The highest BCUT2D eigenvalue weighted by Crippen LogP contribution is 2.31. The van der Waals surface area contributed by atoms with E-state index in [9.17, 15) is 5.26 Å². The number of nitriles is 1. The normalized spacial score (nSPS) is 11.1. The van der Waals surface area contributed by atoms with E-state index < -0.39 is 0 Å². The minimum atomic E-state index is 0.482. The van der Waals surface area contributed by atoms with Gasteiger partial charge in [0.1, 0.15) is 6.07 Å². The first-order valence-corrected chi connectivity index (χ1v) is 12.2. The van der Waals surface area contributed by atoms with Crippen LogP contribution in [0.2, 0.25) is 0 Å². The Kier molecular flexibility index (Phi) is 7.30. The number of nitrogens with one attached hydrogen (secondary N) is 3. The first-order valence-electron chi connectivity index (χ1n) is 12.2. The van der Waals surface area contributed by atoms with E-state index in [1.807, 2.05) is 60.9 Å². The maximum atomic E-state index is 9.74. The maximum Gasteiger partial charge on any atom is 0.103 e. The summed E-state index contributed by atoms with van der Waals surface area (Å²) >= 11 is 0. The summed E-state index contributed by atoms with van der Waals surface area (Å²) in [5, 5.41) is 17.8. The van der Waals surface area contributed by atoms with Gasteiger partial charge in [-0.1, -0.05) is 12.1 Å². The number of nitrogens with zero attached hydrogens (tertiary/aromatic N) is 4. The van der Waals surface area contributed by atoms with Gasteiger partial charge >= 0.3 is 0 Å². The smallest absolute Gasteiger partial charge is 0.103 e. The van der Waals surface area contributed by atoms with Crippen molar-refractivity contribution < 1.29 is 0 Å². The minimum absolute atomic E-state index is 0.482. The third-order valence-corrected chi connectivity index (χ3v) is 6.24. The van der Waals surface area contributed by atoms with Crippen LogP contribution < -0.4 is 10.6 Å². The molecule has 0 unspecified atom stereocenters. The average Bonchev–Trinajstić information content (AvgIpc) is 3.43. The number of aromatic amines is 1. The number of fused-ring (bicyclic) bond motifs is 1. The van der Waals surface area contributed by atoms with Gasteiger partial charge in [-0.25, -0.2) is 0 Å². The van der Waals surface area contributed by atoms with Crippen molar-refractivity contribution in [3.63, 3.8) is 0 Å². The van der Waals surface area contributed by atoms with Crippen molar-refractivity contribution in [1.82, 2.24) is 25.3 Å². The molecular weight excluding hydrogens is 458 g/mol. The number of aryl methyl sites for hydroxylation is 1. The molecular formula is C30H27N7. The van der Waals surface area contributed by atoms with Crippen LogP contribution in [0.15, 0.2) is 79.5 Å². The predicted molar refractivity (Wildman–Crippen MR) is 148 cm³/mol. The molecule has 3 N–H and O–H groups in total. The number of hydrogen-bond donors (Lipinski definition) is 3. The highest BCUT2D eigenvalue weighted by atomic mass is 14.9. The van der Waals surface area contributed by atoms with Crippen LogP contribution in [-0.4, -0.2) is 26.5 Å². The van der Waals surface area contributed by atoms with Crippen molar-refractivity contribution in [1.29, 1.82) is 5.26 Å². The van der Waals surface area contributed by atoms with Gasteiger partial charge in [0.05, 0.1) is 22.6 Å². The van der Waals surface area contributed by atoms with E-state index in [-0.39, 0.29) is 0 Å². The molecule has 0 amide bonds. The van der Waals surface area contributed by atoms with Gasteiger partial charge in [0.2, 0.25) is 0 Å². The summed E-state index contributed by atoms with van der Waals surface area (Å²) in [5.41, 5.74) is 8.17. The number of benzene rings is 1. The Hall–Kier alpha value is -4.80. The van der Waals surface area contributed by atoms with Gasteiger partial charge in [0.15, 0.2) is 0 Å². The lowest BCUT2D eigenvalue weighted by atomic mass is 10.1. The lowest BCUT2D eigenvalue weighted by Crippen LogP contribution is -2.17. The summed E-state index contributed by atoms with van der Waals surface area (Å²) in [6.45, 7) is 3.60. The van der Waals surface area contributed by atoms with Crippen LogP contribution in [0.1, 0.15) is 33.6 Å². The first-order chi connectivity index (χ1) is 18.2. The van der Waals surface area contributed by atoms with Crippen LogP contribution in [0, 0.1) is 18.3 Å². The summed E-state index contributed by atoms with van der Waals surface area (Å²) in [4.78, 5) is 16.4. The average molecular weight is 486 g/mol. The molecule has 1 aromatic carbocycles. The van der Waals surface area contributed by atoms with Gasteiger partial charge < -0.3 is 15.6 Å². The molecule has 0 saturated heterocycles. The molecule has 0 aliphatic rings. The molecule has 7 heteroatoms. The topological polar surface area (TPSA) is 102 Å². The highest BCUT2D eigenvalue weighted by molar-refractivity contribution is 5.90. The van der Waals surface area contributed by atoms with Gasteiger partial charge in [-0.3, -0.25) is 15.0 Å². The second-order valence-corrected chi connectivity index (χ2v) is 8.74. The standard InChI is InChI=1S/C30H27N7/c1-21-27-12-15-35-29(27)10-9-28(21)37-30-23(18-34-19-24(30)16-31)7-8-25-5-2-6-26(36-25)20-33-14-11-22-4-3-13-32-17-22/h2-10,12-13,15,17-19,33,35H,11,14,20H2,1H3,(H,34,37). The number of H-pyrrole nitrogens is 1. The summed E-state index contributed by atoms with van der Waals surface area (Å²) in [7, 11) is 0. The molecule has 0 bridgehead atoms. The van der Waals surface area contributed by atoms with Crippen LogP contribution >= 0.6 is 0 Å². The molecule has 182 valence electrons. The molecule has 0 aliphatic carbocycles. The van der Waals surface area contributed by atoms with Crippen molar-refractivity contribution in [2.45, 2.75) is 19.9 Å². The Labute approximate surface area is 216 Å². The van der Waals surface area contributed by atoms with Crippen molar-refractivity contribution in [3.8, 4) is 6.07 Å². The fourth-order valence-corrected chi connectivity index (χ4v) is 4.24. The second-order valence-electron chi connectivity index (χ2n) is 8.74. The number of pyridine rings is 3. The van der Waals surface area contributed by atoms with Crippen LogP contribution in [-0.2, 0) is 13.0 Å². The van der Waals surface area contributed by atoms with Crippen molar-refractivity contribution >= 4 is 34.4 Å². The maximum absolute atomic E-state index is 9.74. The van der Waals surface area contributed by atoms with Gasteiger partial charge in [-0.15, -0.1) is 0 Å². The summed E-state index contributed by atoms with van der Waals surface area (Å²) < 4.78 is 0. The minimum Gasteiger partial charge on any atom is -0.361 e. The summed E-state index contributed by atoms with van der Waals surface area (Å²) in [6, 6.07) is 18.4. The second kappa shape index (κ2) is 11.3. The molecule has 0 aliphatic heterocycles. The number of aromatic nitrogens is 4. The van der Waals surface area contributed by atoms with Crippen molar-refractivity contribution in [2.75, 3.05) is 11.9 Å². The van der Waals surface area contributed by atoms with Crippen LogP contribution in [0.3, 0.4) is 0 Å². The van der Waals surface area contributed by atoms with Crippen LogP contribution in [0.25, 0.3) is 23.1 Å². The molecule has 4 heterocycles. The van der Waals surface area contributed by atoms with E-state index >= 15 is 0 Å². The Morgan fingerprint density at radius 2 is 1.95 bits per heavy atom. The molecule has 37 heavy (non-hydrogen) atoms. The Morgan fingerprint density at radius 1 is 1.00 bits per heavy atom. The van der Waals surface area contributed by atoms with E-state index in [1.165, 1.54) is 5.56 Å². The zero-order valence-electron chi connectivity index (χ0n) is 20.6. The Balaban J connectivity index is 1.31. The molecule has 4 aromatic heterocycles. The van der Waals surface area contributed by atoms with E-state index in [0.29, 0.717) is 12.1 Å². The Morgan fingerprint density at radius 3 is 2.81 bits per heavy atom. The van der Waals surface area contributed by atoms with Gasteiger partial charge in [-0.2, -0.15) is 5.26 Å². The van der Waals surface area contributed by atoms with E-state index in [4.69, 9.17) is 4.98 Å². The monoisotopic (exact) mass is 485 g/mol. The molecule has 0 fully saturated rings. The lowest BCUT2D eigenvalue weighted by Gasteiger charge is -2.14. The molecule has 0 atom stereocenters. The van der Waals surface area contributed by atoms with Crippen LogP contribution in [0.4, 0.5) is 11.4 Å². The van der Waals surface area contributed by atoms with Crippen LogP contribution in [0.5, 0.6) is 0 Å². The fourth-order valence-electron chi connectivity index (χ4n) is 4.24. The number of anilines is 2. The number of rotatable bonds is 9. The van der Waals surface area contributed by atoms with E-state index in [0.717, 1.165) is 57.8 Å². The van der Waals surface area contributed by atoms with E-state index in [2.05, 4.69) is 50.7 Å².